The highest BCUT2D eigenvalue weighted by atomic mass is 32.2. The van der Waals surface area contributed by atoms with E-state index in [1.807, 2.05) is 6.92 Å². The van der Waals surface area contributed by atoms with Gasteiger partial charge < -0.3 is 10.6 Å². The van der Waals surface area contributed by atoms with Gasteiger partial charge in [-0.15, -0.1) is 11.8 Å². The molecule has 5 heteroatoms. The molecule has 2 fully saturated rings. The van der Waals surface area contributed by atoms with Crippen LogP contribution in [-0.2, 0) is 9.59 Å². The van der Waals surface area contributed by atoms with Crippen molar-refractivity contribution in [2.24, 2.45) is 5.73 Å². The number of rotatable bonds is 1. The summed E-state index contributed by atoms with van der Waals surface area (Å²) in [6, 6.07) is -0.384. The molecule has 0 aromatic carbocycles. The van der Waals surface area contributed by atoms with Crippen molar-refractivity contribution in [2.45, 2.75) is 30.7 Å². The first-order valence-corrected chi connectivity index (χ1v) is 5.28. The molecule has 2 aliphatic heterocycles. The monoisotopic (exact) mass is 200 g/mol. The van der Waals surface area contributed by atoms with Crippen LogP contribution in [0.5, 0.6) is 0 Å². The van der Waals surface area contributed by atoms with Gasteiger partial charge in [0.05, 0.1) is 4.87 Å². The molecule has 72 valence electrons. The van der Waals surface area contributed by atoms with Crippen molar-refractivity contribution in [3.05, 3.63) is 0 Å². The molecule has 2 atom stereocenters. The summed E-state index contributed by atoms with van der Waals surface area (Å²) in [6.07, 6.45) is 1.38. The highest BCUT2D eigenvalue weighted by molar-refractivity contribution is 8.01. The van der Waals surface area contributed by atoms with E-state index < -0.39 is 0 Å². The summed E-state index contributed by atoms with van der Waals surface area (Å²) < 4.78 is 0. The SMILES string of the molecule is CC12CCC(=O)N1C(C(N)=O)CS2. The van der Waals surface area contributed by atoms with E-state index in [-0.39, 0.29) is 22.7 Å². The third-order valence-corrected chi connectivity index (χ3v) is 4.28. The summed E-state index contributed by atoms with van der Waals surface area (Å²) in [6.45, 7) is 2.01. The first-order valence-electron chi connectivity index (χ1n) is 4.30. The smallest absolute Gasteiger partial charge is 0.241 e. The van der Waals surface area contributed by atoms with Crippen LogP contribution in [0.15, 0.2) is 0 Å². The Bertz CT molecular complexity index is 281. The van der Waals surface area contributed by atoms with Crippen LogP contribution in [0.1, 0.15) is 19.8 Å². The molecular formula is C8H12N2O2S. The predicted octanol–water partition coefficient (Wildman–Crippen LogP) is -0.0743. The second-order valence-corrected chi connectivity index (χ2v) is 5.17. The van der Waals surface area contributed by atoms with Crippen LogP contribution in [-0.4, -0.2) is 33.4 Å². The van der Waals surface area contributed by atoms with E-state index >= 15 is 0 Å². The van der Waals surface area contributed by atoms with E-state index in [1.165, 1.54) is 0 Å². The summed E-state index contributed by atoms with van der Waals surface area (Å²) in [5, 5.41) is 0. The molecule has 0 saturated carbocycles. The predicted molar refractivity (Wildman–Crippen MR) is 49.9 cm³/mol. The van der Waals surface area contributed by atoms with Gasteiger partial charge in [0, 0.05) is 12.2 Å². The van der Waals surface area contributed by atoms with E-state index in [1.54, 1.807) is 16.7 Å². The van der Waals surface area contributed by atoms with E-state index in [0.29, 0.717) is 12.2 Å². The molecule has 2 heterocycles. The van der Waals surface area contributed by atoms with Crippen LogP contribution >= 0.6 is 11.8 Å². The van der Waals surface area contributed by atoms with E-state index in [9.17, 15) is 9.59 Å². The number of primary amides is 1. The summed E-state index contributed by atoms with van der Waals surface area (Å²) in [5.41, 5.74) is 5.23. The van der Waals surface area contributed by atoms with Gasteiger partial charge in [-0.3, -0.25) is 9.59 Å². The second-order valence-electron chi connectivity index (χ2n) is 3.67. The lowest BCUT2D eigenvalue weighted by molar-refractivity contribution is -0.136. The molecule has 2 saturated heterocycles. The number of hydrogen-bond acceptors (Lipinski definition) is 3. The molecule has 0 spiro atoms. The summed E-state index contributed by atoms with van der Waals surface area (Å²) in [4.78, 5) is 24.0. The molecule has 0 aromatic rings. The molecule has 0 radical (unpaired) electrons. The third-order valence-electron chi connectivity index (χ3n) is 2.77. The third kappa shape index (κ3) is 1.14. The van der Waals surface area contributed by atoms with Crippen molar-refractivity contribution in [3.8, 4) is 0 Å². The summed E-state index contributed by atoms with van der Waals surface area (Å²) in [5.74, 6) is 0.333. The van der Waals surface area contributed by atoms with Gasteiger partial charge in [-0.1, -0.05) is 0 Å². The first kappa shape index (κ1) is 8.87. The maximum Gasteiger partial charge on any atom is 0.241 e. The van der Waals surface area contributed by atoms with Crippen LogP contribution in [0.3, 0.4) is 0 Å². The molecule has 2 amide bonds. The highest BCUT2D eigenvalue weighted by Gasteiger charge is 2.52. The second kappa shape index (κ2) is 2.64. The Morgan fingerprint density at radius 1 is 1.77 bits per heavy atom. The van der Waals surface area contributed by atoms with Crippen LogP contribution < -0.4 is 5.73 Å². The Morgan fingerprint density at radius 3 is 3.08 bits per heavy atom. The Morgan fingerprint density at radius 2 is 2.46 bits per heavy atom. The number of thioether (sulfide) groups is 1. The molecule has 2 N–H and O–H groups in total. The minimum atomic E-state index is -0.384. The lowest BCUT2D eigenvalue weighted by atomic mass is 10.2. The number of nitrogens with zero attached hydrogens (tertiary/aromatic N) is 1. The van der Waals surface area contributed by atoms with Gasteiger partial charge in [0.1, 0.15) is 6.04 Å². The van der Waals surface area contributed by atoms with Crippen molar-refractivity contribution in [3.63, 3.8) is 0 Å². The highest BCUT2D eigenvalue weighted by Crippen LogP contribution is 2.46. The fraction of sp³-hybridized carbons (Fsp3) is 0.750. The topological polar surface area (TPSA) is 63.4 Å². The maximum absolute atomic E-state index is 11.5. The van der Waals surface area contributed by atoms with Gasteiger partial charge in [0.15, 0.2) is 0 Å². The van der Waals surface area contributed by atoms with Gasteiger partial charge in [0.2, 0.25) is 11.8 Å². The molecule has 0 aliphatic carbocycles. The summed E-state index contributed by atoms with van der Waals surface area (Å²) in [7, 11) is 0. The number of hydrogen-bond donors (Lipinski definition) is 1. The average molecular weight is 200 g/mol. The Balaban J connectivity index is 2.29. The van der Waals surface area contributed by atoms with E-state index in [0.717, 1.165) is 6.42 Å². The van der Waals surface area contributed by atoms with Crippen LogP contribution in [0.2, 0.25) is 0 Å². The van der Waals surface area contributed by atoms with Gasteiger partial charge in [-0.25, -0.2) is 0 Å². The lowest BCUT2D eigenvalue weighted by Gasteiger charge is -2.28. The van der Waals surface area contributed by atoms with Crippen molar-refractivity contribution < 1.29 is 9.59 Å². The number of nitrogens with two attached hydrogens (primary N) is 1. The number of carbonyl (C=O) groups is 2. The molecule has 13 heavy (non-hydrogen) atoms. The molecule has 4 nitrogen and oxygen atoms in total. The Hall–Kier alpha value is -0.710. The standard InChI is InChI=1S/C8H12N2O2S/c1-8-3-2-6(11)10(8)5(4-13-8)7(9)12/h5H,2-4H2,1H3,(H2,9,12). The molecule has 0 aromatic heterocycles. The molecule has 2 unspecified atom stereocenters. The number of carbonyl (C=O) groups excluding carboxylic acids is 2. The zero-order chi connectivity index (χ0) is 9.64. The fourth-order valence-electron chi connectivity index (χ4n) is 2.03. The van der Waals surface area contributed by atoms with Gasteiger partial charge in [-0.2, -0.15) is 0 Å². The molecule has 0 bridgehead atoms. The molecule has 2 aliphatic rings. The Labute approximate surface area is 80.8 Å². The zero-order valence-corrected chi connectivity index (χ0v) is 8.26. The van der Waals surface area contributed by atoms with Crippen LogP contribution in [0.25, 0.3) is 0 Å². The number of amides is 2. The largest absolute Gasteiger partial charge is 0.368 e. The normalized spacial score (nSPS) is 38.1. The minimum absolute atomic E-state index is 0.0660. The fourth-order valence-corrected chi connectivity index (χ4v) is 3.48. The lowest BCUT2D eigenvalue weighted by Crippen LogP contribution is -2.48. The van der Waals surface area contributed by atoms with Crippen LogP contribution in [0, 0.1) is 0 Å². The Kier molecular flexibility index (Phi) is 1.80. The van der Waals surface area contributed by atoms with E-state index in [4.69, 9.17) is 5.73 Å². The van der Waals surface area contributed by atoms with Gasteiger partial charge in [-0.05, 0) is 13.3 Å². The minimum Gasteiger partial charge on any atom is -0.368 e. The van der Waals surface area contributed by atoms with Crippen LogP contribution in [0.4, 0.5) is 0 Å². The molecule has 2 rings (SSSR count). The van der Waals surface area contributed by atoms with Crippen molar-refractivity contribution in [1.82, 2.24) is 4.90 Å². The summed E-state index contributed by atoms with van der Waals surface area (Å²) >= 11 is 1.66. The first-order chi connectivity index (χ1) is 6.04. The number of fused-ring (bicyclic) bond motifs is 1. The zero-order valence-electron chi connectivity index (χ0n) is 7.45. The average Bonchev–Trinajstić information content (AvgIpc) is 2.50. The van der Waals surface area contributed by atoms with Crippen molar-refractivity contribution in [2.75, 3.05) is 5.75 Å². The van der Waals surface area contributed by atoms with Crippen molar-refractivity contribution in [1.29, 1.82) is 0 Å². The molecular weight excluding hydrogens is 188 g/mol. The van der Waals surface area contributed by atoms with Crippen molar-refractivity contribution >= 4 is 23.6 Å². The maximum atomic E-state index is 11.5. The van der Waals surface area contributed by atoms with Gasteiger partial charge >= 0.3 is 0 Å². The quantitative estimate of drug-likeness (QED) is 0.644. The van der Waals surface area contributed by atoms with Gasteiger partial charge in [0.25, 0.3) is 0 Å². The van der Waals surface area contributed by atoms with E-state index in [2.05, 4.69) is 0 Å².